The van der Waals surface area contributed by atoms with Crippen molar-refractivity contribution in [3.8, 4) is 5.75 Å². The minimum atomic E-state index is 0.361. The number of aliphatic hydroxyl groups excluding tert-OH is 1. The molecule has 1 aliphatic heterocycles. The zero-order chi connectivity index (χ0) is 15.3. The van der Waals surface area contributed by atoms with Crippen molar-refractivity contribution in [3.05, 3.63) is 29.8 Å². The van der Waals surface area contributed by atoms with Crippen LogP contribution in [0.4, 0.5) is 0 Å². The van der Waals surface area contributed by atoms with Crippen LogP contribution < -0.4 is 10.1 Å². The summed E-state index contributed by atoms with van der Waals surface area (Å²) in [6.45, 7) is 4.33. The summed E-state index contributed by atoms with van der Waals surface area (Å²) in [6.07, 6.45) is 9.44. The molecule has 0 saturated carbocycles. The van der Waals surface area contributed by atoms with Gasteiger partial charge < -0.3 is 15.2 Å². The Balaban J connectivity index is 0.00000106. The molecule has 0 bridgehead atoms. The molecular formula is C18H31NO2. The van der Waals surface area contributed by atoms with Crippen LogP contribution in [0.1, 0.15) is 51.0 Å². The molecule has 1 unspecified atom stereocenters. The number of hydrogen-bond acceptors (Lipinski definition) is 3. The van der Waals surface area contributed by atoms with Gasteiger partial charge in [0.1, 0.15) is 11.9 Å². The van der Waals surface area contributed by atoms with Gasteiger partial charge in [0.15, 0.2) is 0 Å². The maximum atomic E-state index is 7.00. The molecule has 21 heavy (non-hydrogen) atoms. The van der Waals surface area contributed by atoms with Gasteiger partial charge in [-0.25, -0.2) is 0 Å². The first-order chi connectivity index (χ1) is 10.4. The molecule has 1 atom stereocenters. The maximum absolute atomic E-state index is 7.00. The molecule has 120 valence electrons. The lowest BCUT2D eigenvalue weighted by Crippen LogP contribution is -2.19. The number of rotatable bonds is 8. The Morgan fingerprint density at radius 2 is 1.81 bits per heavy atom. The van der Waals surface area contributed by atoms with Gasteiger partial charge in [-0.3, -0.25) is 0 Å². The van der Waals surface area contributed by atoms with E-state index in [4.69, 9.17) is 9.84 Å². The number of benzene rings is 1. The lowest BCUT2D eigenvalue weighted by atomic mass is 10.1. The van der Waals surface area contributed by atoms with E-state index >= 15 is 0 Å². The predicted molar refractivity (Wildman–Crippen MR) is 89.0 cm³/mol. The van der Waals surface area contributed by atoms with E-state index in [1.807, 2.05) is 0 Å². The number of nitrogens with one attached hydrogen (secondary N) is 1. The van der Waals surface area contributed by atoms with Crippen molar-refractivity contribution in [2.45, 2.75) is 58.0 Å². The minimum absolute atomic E-state index is 0.361. The third kappa shape index (κ3) is 7.49. The van der Waals surface area contributed by atoms with E-state index in [1.165, 1.54) is 44.1 Å². The van der Waals surface area contributed by atoms with Gasteiger partial charge in [0.05, 0.1) is 0 Å². The second-order valence-electron chi connectivity index (χ2n) is 5.54. The zero-order valence-corrected chi connectivity index (χ0v) is 13.6. The number of aliphatic hydroxyl groups is 1. The first-order valence-electron chi connectivity index (χ1n) is 8.29. The van der Waals surface area contributed by atoms with Crippen molar-refractivity contribution in [2.24, 2.45) is 0 Å². The van der Waals surface area contributed by atoms with Gasteiger partial charge in [-0.2, -0.15) is 0 Å². The summed E-state index contributed by atoms with van der Waals surface area (Å²) in [4.78, 5) is 0. The molecular weight excluding hydrogens is 262 g/mol. The number of hydrogen-bond donors (Lipinski definition) is 2. The van der Waals surface area contributed by atoms with Crippen molar-refractivity contribution in [3.63, 3.8) is 0 Å². The summed E-state index contributed by atoms with van der Waals surface area (Å²) in [5.41, 5.74) is 1.44. The van der Waals surface area contributed by atoms with Crippen LogP contribution in [0, 0.1) is 0 Å². The van der Waals surface area contributed by atoms with Gasteiger partial charge in [-0.15, -0.1) is 0 Å². The average molecular weight is 293 g/mol. The van der Waals surface area contributed by atoms with Crippen molar-refractivity contribution in [2.75, 3.05) is 20.2 Å². The Bertz CT molecular complexity index is 345. The van der Waals surface area contributed by atoms with Crippen LogP contribution in [0.25, 0.3) is 0 Å². The Hall–Kier alpha value is -1.06. The van der Waals surface area contributed by atoms with Gasteiger partial charge in [-0.1, -0.05) is 44.7 Å². The summed E-state index contributed by atoms with van der Waals surface area (Å²) >= 11 is 0. The lowest BCUT2D eigenvalue weighted by Gasteiger charge is -2.12. The van der Waals surface area contributed by atoms with Crippen LogP contribution in [0.15, 0.2) is 24.3 Å². The van der Waals surface area contributed by atoms with E-state index in [-0.39, 0.29) is 0 Å². The minimum Gasteiger partial charge on any atom is -0.489 e. The Morgan fingerprint density at radius 3 is 2.43 bits per heavy atom. The molecule has 1 aliphatic rings. The molecule has 2 N–H and O–H groups in total. The normalized spacial score (nSPS) is 17.2. The highest BCUT2D eigenvalue weighted by atomic mass is 16.5. The highest BCUT2D eigenvalue weighted by Gasteiger charge is 2.15. The Morgan fingerprint density at radius 1 is 1.10 bits per heavy atom. The average Bonchev–Trinajstić information content (AvgIpc) is 3.04. The second kappa shape index (κ2) is 11.6. The molecule has 1 aromatic rings. The molecule has 1 fully saturated rings. The lowest BCUT2D eigenvalue weighted by molar-refractivity contribution is 0.223. The molecule has 0 aliphatic carbocycles. The quantitative estimate of drug-likeness (QED) is 0.720. The summed E-state index contributed by atoms with van der Waals surface area (Å²) in [6, 6.07) is 8.69. The van der Waals surface area contributed by atoms with Crippen LogP contribution in [-0.4, -0.2) is 31.4 Å². The largest absolute Gasteiger partial charge is 0.489 e. The highest BCUT2D eigenvalue weighted by Crippen LogP contribution is 2.17. The van der Waals surface area contributed by atoms with Crippen LogP contribution >= 0.6 is 0 Å². The summed E-state index contributed by atoms with van der Waals surface area (Å²) in [5.74, 6) is 1.02. The van der Waals surface area contributed by atoms with E-state index < -0.39 is 0 Å². The van der Waals surface area contributed by atoms with E-state index in [1.54, 1.807) is 0 Å². The fourth-order valence-corrected chi connectivity index (χ4v) is 2.59. The predicted octanol–water partition coefficient (Wildman–Crippen LogP) is 3.55. The monoisotopic (exact) mass is 293 g/mol. The standard InChI is InChI=1S/C17H27NO.CH4O/c1-2-3-4-5-6-7-15-8-10-16(11-9-15)19-17-12-13-18-14-17;1-2/h8-11,17-18H,2-7,12-14H2,1H3;2H,1H3. The van der Waals surface area contributed by atoms with E-state index in [2.05, 4.69) is 36.5 Å². The van der Waals surface area contributed by atoms with Gasteiger partial charge in [-0.05, 0) is 43.5 Å². The highest BCUT2D eigenvalue weighted by molar-refractivity contribution is 5.27. The van der Waals surface area contributed by atoms with Gasteiger partial charge in [0, 0.05) is 13.7 Å². The summed E-state index contributed by atoms with van der Waals surface area (Å²) < 4.78 is 5.93. The molecule has 3 nitrogen and oxygen atoms in total. The van der Waals surface area contributed by atoms with E-state index in [9.17, 15) is 0 Å². The number of ether oxygens (including phenoxy) is 1. The van der Waals surface area contributed by atoms with Crippen molar-refractivity contribution in [1.29, 1.82) is 0 Å². The molecule has 2 rings (SSSR count). The molecule has 0 aromatic heterocycles. The smallest absolute Gasteiger partial charge is 0.119 e. The molecule has 1 saturated heterocycles. The molecule has 1 aromatic carbocycles. The van der Waals surface area contributed by atoms with Crippen molar-refractivity contribution >= 4 is 0 Å². The number of aryl methyl sites for hydroxylation is 1. The van der Waals surface area contributed by atoms with E-state index in [0.717, 1.165) is 32.4 Å². The van der Waals surface area contributed by atoms with Gasteiger partial charge in [0.25, 0.3) is 0 Å². The first-order valence-corrected chi connectivity index (χ1v) is 8.29. The van der Waals surface area contributed by atoms with E-state index in [0.29, 0.717) is 6.10 Å². The van der Waals surface area contributed by atoms with Crippen molar-refractivity contribution < 1.29 is 9.84 Å². The topological polar surface area (TPSA) is 41.5 Å². The third-order valence-electron chi connectivity index (χ3n) is 3.81. The zero-order valence-electron chi connectivity index (χ0n) is 13.6. The third-order valence-corrected chi connectivity index (χ3v) is 3.81. The van der Waals surface area contributed by atoms with Crippen LogP contribution in [0.3, 0.4) is 0 Å². The van der Waals surface area contributed by atoms with Gasteiger partial charge in [0.2, 0.25) is 0 Å². The summed E-state index contributed by atoms with van der Waals surface area (Å²) in [7, 11) is 1.00. The maximum Gasteiger partial charge on any atom is 0.119 e. The molecule has 0 amide bonds. The second-order valence-corrected chi connectivity index (χ2v) is 5.54. The summed E-state index contributed by atoms with van der Waals surface area (Å²) in [5, 5.41) is 10.3. The SMILES string of the molecule is CCCCCCCc1ccc(OC2CCNC2)cc1.CO. The fraction of sp³-hybridized carbons (Fsp3) is 0.667. The molecule has 0 spiro atoms. The van der Waals surface area contributed by atoms with Crippen LogP contribution in [0.5, 0.6) is 5.75 Å². The van der Waals surface area contributed by atoms with Gasteiger partial charge >= 0.3 is 0 Å². The molecule has 1 heterocycles. The molecule has 0 radical (unpaired) electrons. The molecule has 3 heteroatoms. The number of unbranched alkanes of at least 4 members (excludes halogenated alkanes) is 4. The van der Waals surface area contributed by atoms with Crippen LogP contribution in [-0.2, 0) is 6.42 Å². The van der Waals surface area contributed by atoms with Crippen molar-refractivity contribution in [1.82, 2.24) is 5.32 Å². The Labute approximate surface area is 129 Å². The van der Waals surface area contributed by atoms with Crippen LogP contribution in [0.2, 0.25) is 0 Å². The Kier molecular flexibility index (Phi) is 9.92. The fourth-order valence-electron chi connectivity index (χ4n) is 2.59. The first kappa shape index (κ1) is 18.0.